The summed E-state index contributed by atoms with van der Waals surface area (Å²) in [6.45, 7) is 0. The average molecular weight is 262 g/mol. The topological polar surface area (TPSA) is 50.4 Å². The fraction of sp³-hybridized carbons (Fsp3) is 0.533. The molecule has 0 unspecified atom stereocenters. The summed E-state index contributed by atoms with van der Waals surface area (Å²) in [6, 6.07) is 8.21. The van der Waals surface area contributed by atoms with Crippen molar-refractivity contribution in [2.24, 2.45) is 0 Å². The van der Waals surface area contributed by atoms with Crippen molar-refractivity contribution >= 4 is 5.91 Å². The highest BCUT2D eigenvalue weighted by Crippen LogP contribution is 2.21. The van der Waals surface area contributed by atoms with Gasteiger partial charge in [-0.15, -0.1) is 0 Å². The van der Waals surface area contributed by atoms with Gasteiger partial charge in [-0.25, -0.2) is 0 Å². The highest BCUT2D eigenvalue weighted by atomic mass is 16.5. The van der Waals surface area contributed by atoms with Crippen LogP contribution < -0.4 is 15.4 Å². The molecule has 0 spiro atoms. The lowest BCUT2D eigenvalue weighted by atomic mass is 9.91. The molecule has 104 valence electrons. The molecule has 0 bridgehead atoms. The van der Waals surface area contributed by atoms with Crippen LogP contribution in [0.1, 0.15) is 36.0 Å². The zero-order valence-corrected chi connectivity index (χ0v) is 11.6. The van der Waals surface area contributed by atoms with Gasteiger partial charge < -0.3 is 15.4 Å². The van der Waals surface area contributed by atoms with Crippen LogP contribution in [0.25, 0.3) is 0 Å². The summed E-state index contributed by atoms with van der Waals surface area (Å²) in [7, 11) is 3.59. The van der Waals surface area contributed by atoms with E-state index in [1.807, 2.05) is 25.2 Å². The second-order valence-electron chi connectivity index (χ2n) is 5.01. The maximum absolute atomic E-state index is 12.2. The molecule has 1 aliphatic carbocycles. The van der Waals surface area contributed by atoms with Crippen LogP contribution >= 0.6 is 0 Å². The molecule has 1 saturated carbocycles. The number of hydrogen-bond acceptors (Lipinski definition) is 3. The smallest absolute Gasteiger partial charge is 0.255 e. The molecule has 0 atom stereocenters. The Labute approximate surface area is 114 Å². The van der Waals surface area contributed by atoms with E-state index < -0.39 is 0 Å². The standard InChI is InChI=1S/C15H22N2O2/c1-16-11-7-9-12(10-8-11)17-15(18)13-5-3-4-6-14(13)19-2/h3-6,11-12,16H,7-10H2,1-2H3,(H,17,18). The van der Waals surface area contributed by atoms with Crippen molar-refractivity contribution in [2.45, 2.75) is 37.8 Å². The van der Waals surface area contributed by atoms with Gasteiger partial charge in [-0.05, 0) is 44.9 Å². The molecule has 2 N–H and O–H groups in total. The van der Waals surface area contributed by atoms with Crippen LogP contribution in [0.15, 0.2) is 24.3 Å². The maximum Gasteiger partial charge on any atom is 0.255 e. The number of para-hydroxylation sites is 1. The fourth-order valence-corrected chi connectivity index (χ4v) is 2.62. The summed E-state index contributed by atoms with van der Waals surface area (Å²) in [5, 5.41) is 6.40. The van der Waals surface area contributed by atoms with Gasteiger partial charge in [0.25, 0.3) is 5.91 Å². The summed E-state index contributed by atoms with van der Waals surface area (Å²) in [5.41, 5.74) is 0.612. The molecule has 1 fully saturated rings. The minimum atomic E-state index is -0.0367. The summed E-state index contributed by atoms with van der Waals surface area (Å²) in [5.74, 6) is 0.592. The first-order valence-corrected chi connectivity index (χ1v) is 6.85. The zero-order valence-electron chi connectivity index (χ0n) is 11.6. The Bertz CT molecular complexity index is 426. The van der Waals surface area contributed by atoms with E-state index in [1.54, 1.807) is 13.2 Å². The second kappa shape index (κ2) is 6.57. The minimum absolute atomic E-state index is 0.0367. The zero-order chi connectivity index (χ0) is 13.7. The van der Waals surface area contributed by atoms with Gasteiger partial charge in [0.2, 0.25) is 0 Å². The van der Waals surface area contributed by atoms with Crippen molar-refractivity contribution in [3.63, 3.8) is 0 Å². The third kappa shape index (κ3) is 3.47. The predicted molar refractivity (Wildman–Crippen MR) is 75.6 cm³/mol. The van der Waals surface area contributed by atoms with Crippen LogP contribution in [-0.4, -0.2) is 32.1 Å². The van der Waals surface area contributed by atoms with E-state index in [-0.39, 0.29) is 11.9 Å². The highest BCUT2D eigenvalue weighted by Gasteiger charge is 2.22. The first-order valence-electron chi connectivity index (χ1n) is 6.85. The van der Waals surface area contributed by atoms with Gasteiger partial charge in [0.15, 0.2) is 0 Å². The van der Waals surface area contributed by atoms with E-state index in [1.165, 1.54) is 0 Å². The van der Waals surface area contributed by atoms with E-state index in [4.69, 9.17) is 4.74 Å². The molecule has 4 nitrogen and oxygen atoms in total. The van der Waals surface area contributed by atoms with Gasteiger partial charge in [0.1, 0.15) is 5.75 Å². The van der Waals surface area contributed by atoms with Crippen LogP contribution in [-0.2, 0) is 0 Å². The van der Waals surface area contributed by atoms with Crippen LogP contribution in [0.2, 0.25) is 0 Å². The Hall–Kier alpha value is -1.55. The first kappa shape index (κ1) is 13.9. The van der Waals surface area contributed by atoms with E-state index >= 15 is 0 Å². The normalized spacial score (nSPS) is 22.8. The Morgan fingerprint density at radius 2 is 1.79 bits per heavy atom. The van der Waals surface area contributed by atoms with Crippen molar-refractivity contribution in [1.82, 2.24) is 10.6 Å². The Morgan fingerprint density at radius 1 is 1.16 bits per heavy atom. The third-order valence-corrected chi connectivity index (χ3v) is 3.82. The molecule has 1 aromatic carbocycles. The van der Waals surface area contributed by atoms with Gasteiger partial charge in [-0.1, -0.05) is 12.1 Å². The molecule has 19 heavy (non-hydrogen) atoms. The number of ether oxygens (including phenoxy) is 1. The second-order valence-corrected chi connectivity index (χ2v) is 5.01. The Balaban J connectivity index is 1.94. The molecular weight excluding hydrogens is 240 g/mol. The third-order valence-electron chi connectivity index (χ3n) is 3.82. The number of carbonyl (C=O) groups excluding carboxylic acids is 1. The summed E-state index contributed by atoms with van der Waals surface area (Å²) in [4.78, 5) is 12.2. The van der Waals surface area contributed by atoms with Gasteiger partial charge in [0.05, 0.1) is 12.7 Å². The molecule has 0 heterocycles. The van der Waals surface area contributed by atoms with Gasteiger partial charge >= 0.3 is 0 Å². The number of methoxy groups -OCH3 is 1. The first-order chi connectivity index (χ1) is 9.24. The number of amides is 1. The lowest BCUT2D eigenvalue weighted by Gasteiger charge is -2.28. The van der Waals surface area contributed by atoms with E-state index in [0.29, 0.717) is 17.4 Å². The lowest BCUT2D eigenvalue weighted by molar-refractivity contribution is 0.0921. The number of nitrogens with one attached hydrogen (secondary N) is 2. The molecule has 1 amide bonds. The van der Waals surface area contributed by atoms with Crippen molar-refractivity contribution in [1.29, 1.82) is 0 Å². The molecule has 1 aromatic rings. The van der Waals surface area contributed by atoms with Crippen molar-refractivity contribution < 1.29 is 9.53 Å². The summed E-state index contributed by atoms with van der Waals surface area (Å²) >= 11 is 0. The van der Waals surface area contributed by atoms with Gasteiger partial charge in [-0.3, -0.25) is 4.79 Å². The number of benzene rings is 1. The largest absolute Gasteiger partial charge is 0.496 e. The fourth-order valence-electron chi connectivity index (χ4n) is 2.62. The quantitative estimate of drug-likeness (QED) is 0.872. The van der Waals surface area contributed by atoms with E-state index in [0.717, 1.165) is 25.7 Å². The van der Waals surface area contributed by atoms with E-state index in [9.17, 15) is 4.79 Å². The lowest BCUT2D eigenvalue weighted by Crippen LogP contribution is -2.41. The van der Waals surface area contributed by atoms with Crippen LogP contribution in [0.4, 0.5) is 0 Å². The number of rotatable bonds is 4. The van der Waals surface area contributed by atoms with Crippen LogP contribution in [0, 0.1) is 0 Å². The minimum Gasteiger partial charge on any atom is -0.496 e. The predicted octanol–water partition coefficient (Wildman–Crippen LogP) is 1.96. The molecule has 0 aliphatic heterocycles. The van der Waals surface area contributed by atoms with Crippen molar-refractivity contribution in [3.05, 3.63) is 29.8 Å². The van der Waals surface area contributed by atoms with Gasteiger partial charge in [0, 0.05) is 12.1 Å². The van der Waals surface area contributed by atoms with Crippen LogP contribution in [0.3, 0.4) is 0 Å². The Morgan fingerprint density at radius 3 is 2.42 bits per heavy atom. The summed E-state index contributed by atoms with van der Waals surface area (Å²) in [6.07, 6.45) is 4.31. The number of carbonyl (C=O) groups is 1. The molecule has 2 rings (SSSR count). The average Bonchev–Trinajstić information content (AvgIpc) is 2.48. The molecule has 0 aromatic heterocycles. The van der Waals surface area contributed by atoms with Crippen LogP contribution in [0.5, 0.6) is 5.75 Å². The Kier molecular flexibility index (Phi) is 4.80. The van der Waals surface area contributed by atoms with E-state index in [2.05, 4.69) is 10.6 Å². The highest BCUT2D eigenvalue weighted by molar-refractivity contribution is 5.97. The van der Waals surface area contributed by atoms with Crippen molar-refractivity contribution in [3.8, 4) is 5.75 Å². The monoisotopic (exact) mass is 262 g/mol. The molecule has 1 aliphatic rings. The van der Waals surface area contributed by atoms with Crippen molar-refractivity contribution in [2.75, 3.05) is 14.2 Å². The van der Waals surface area contributed by atoms with Gasteiger partial charge in [-0.2, -0.15) is 0 Å². The molecule has 4 heteroatoms. The maximum atomic E-state index is 12.2. The summed E-state index contributed by atoms with van der Waals surface area (Å²) < 4.78 is 5.22. The molecular formula is C15H22N2O2. The SMILES string of the molecule is CNC1CCC(NC(=O)c2ccccc2OC)CC1. The molecule has 0 saturated heterocycles. The number of hydrogen-bond donors (Lipinski definition) is 2. The molecule has 0 radical (unpaired) electrons.